The zero-order valence-corrected chi connectivity index (χ0v) is 32.6. The number of aromatic hydroxyl groups is 13. The van der Waals surface area contributed by atoms with Crippen LogP contribution in [0.4, 0.5) is 0 Å². The third-order valence-electron chi connectivity index (χ3n) is 11.9. The molecule has 0 fully saturated rings. The van der Waals surface area contributed by atoms with E-state index in [0.29, 0.717) is 0 Å². The minimum Gasteiger partial charge on any atom is -0.508 e. The minimum atomic E-state index is -1.87. The molecule has 3 aliphatic rings. The van der Waals surface area contributed by atoms with Crippen LogP contribution in [0.1, 0.15) is 74.7 Å². The summed E-state index contributed by atoms with van der Waals surface area (Å²) >= 11 is 0. The number of benzene rings is 6. The Morgan fingerprint density at radius 3 is 1.17 bits per heavy atom. The molecule has 0 aromatic heterocycles. The van der Waals surface area contributed by atoms with Crippen LogP contribution in [0.15, 0.2) is 72.8 Å². The summed E-state index contributed by atoms with van der Waals surface area (Å²) in [6.07, 6.45) is -10.6. The van der Waals surface area contributed by atoms with Crippen molar-refractivity contribution in [2.75, 3.05) is 0 Å². The van der Waals surface area contributed by atoms with E-state index in [-0.39, 0.29) is 67.7 Å². The number of hydrogen-bond donors (Lipinski definition) is 16. The van der Waals surface area contributed by atoms with E-state index in [1.165, 1.54) is 30.3 Å². The number of fused-ring (bicyclic) bond motifs is 3. The van der Waals surface area contributed by atoms with Crippen molar-refractivity contribution in [2.45, 2.75) is 54.9 Å². The van der Waals surface area contributed by atoms with Crippen LogP contribution in [0.3, 0.4) is 0 Å². The first kappa shape index (κ1) is 41.4. The van der Waals surface area contributed by atoms with Crippen LogP contribution < -0.4 is 14.2 Å². The monoisotopic (exact) mass is 882 g/mol. The first-order valence-electron chi connectivity index (χ1n) is 19.4. The minimum absolute atomic E-state index is 0.0567. The van der Waals surface area contributed by atoms with E-state index in [1.807, 2.05) is 0 Å². The summed E-state index contributed by atoms with van der Waals surface area (Å²) in [5.74, 6) is -13.5. The highest BCUT2D eigenvalue weighted by atomic mass is 16.5. The second kappa shape index (κ2) is 14.8. The molecule has 64 heavy (non-hydrogen) atoms. The van der Waals surface area contributed by atoms with Crippen LogP contribution in [0, 0.1) is 0 Å². The largest absolute Gasteiger partial charge is 0.508 e. The molecule has 3 heterocycles. The normalized spacial score (nSPS) is 23.4. The fraction of sp³-hybridized carbons (Fsp3) is 0.200. The van der Waals surface area contributed by atoms with Crippen LogP contribution in [-0.4, -0.2) is 100 Å². The zero-order chi connectivity index (χ0) is 45.8. The molecule has 19 nitrogen and oxygen atoms in total. The van der Waals surface area contributed by atoms with Gasteiger partial charge in [0.15, 0.2) is 70.1 Å². The molecule has 8 atom stereocenters. The molecule has 6 aromatic rings. The molecule has 0 saturated heterocycles. The molecule has 6 aromatic carbocycles. The maximum absolute atomic E-state index is 12.9. The van der Waals surface area contributed by atoms with Crippen molar-refractivity contribution in [3.8, 4) is 92.0 Å². The summed E-state index contributed by atoms with van der Waals surface area (Å²) in [5, 5.41) is 176. The van der Waals surface area contributed by atoms with Gasteiger partial charge in [-0.05, 0) is 48.5 Å². The van der Waals surface area contributed by atoms with Gasteiger partial charge in [0.1, 0.15) is 52.5 Å². The molecule has 0 unspecified atom stereocenters. The Morgan fingerprint density at radius 1 is 0.391 bits per heavy atom. The van der Waals surface area contributed by atoms with E-state index in [1.54, 1.807) is 0 Å². The quantitative estimate of drug-likeness (QED) is 0.108. The fourth-order valence-electron chi connectivity index (χ4n) is 8.96. The van der Waals surface area contributed by atoms with Crippen LogP contribution in [-0.2, 0) is 6.42 Å². The molecular formula is C45H38O19. The lowest BCUT2D eigenvalue weighted by atomic mass is 9.73. The standard InChI is InChI=1S/C45H38O19/c46-17-1-3-19-29(11-17)62-43(15-7-24(50)37(57)25(51)8-15)40(60)31(19)33-35(55)21-13-28(54)42(14-5-22(48)36(56)23(49)6-14)64-45(21)34(39(33)59)32-20-4-2-18(47)12-30(20)63-44(41(32)61)16-9-26(52)38(58)27(53)10-16/h1-12,28,31-32,40-44,46-61H,13H2/t28-,31+,32+,40+,41+,42+,43+,44+/m0/s1. The van der Waals surface area contributed by atoms with Crippen LogP contribution >= 0.6 is 0 Å². The maximum Gasteiger partial charge on any atom is 0.200 e. The number of hydrogen-bond acceptors (Lipinski definition) is 19. The van der Waals surface area contributed by atoms with Crippen molar-refractivity contribution in [1.29, 1.82) is 0 Å². The SMILES string of the molecule is Oc1ccc2c(c1)O[C@H](c1cc(O)c(O)c(O)c1)[C@H](O)[C@H]2c1c(O)c2c(c([C@H]3c4ccc(O)cc4O[C@H](c4cc(O)c(O)c(O)c4)[C@@H]3O)c1O)O[C@H](c1cc(O)c(O)c(O)c1)[C@@H](O)C2. The van der Waals surface area contributed by atoms with Crippen LogP contribution in [0.2, 0.25) is 0 Å². The summed E-state index contributed by atoms with van der Waals surface area (Å²) < 4.78 is 18.6. The fourth-order valence-corrected chi connectivity index (χ4v) is 8.96. The van der Waals surface area contributed by atoms with Gasteiger partial charge in [-0.3, -0.25) is 0 Å². The molecule has 332 valence electrons. The molecular weight excluding hydrogens is 844 g/mol. The Bertz CT molecular complexity index is 2830. The van der Waals surface area contributed by atoms with Crippen molar-refractivity contribution in [2.24, 2.45) is 0 Å². The van der Waals surface area contributed by atoms with Gasteiger partial charge < -0.3 is 95.9 Å². The number of rotatable bonds is 5. The molecule has 0 spiro atoms. The Kier molecular flexibility index (Phi) is 9.58. The van der Waals surface area contributed by atoms with Gasteiger partial charge in [-0.1, -0.05) is 12.1 Å². The zero-order valence-electron chi connectivity index (χ0n) is 32.6. The molecule has 16 N–H and O–H groups in total. The lowest BCUT2D eigenvalue weighted by molar-refractivity contribution is 0.000273. The average Bonchev–Trinajstić information content (AvgIpc) is 3.24. The first-order chi connectivity index (χ1) is 30.3. The van der Waals surface area contributed by atoms with Gasteiger partial charge in [-0.15, -0.1) is 0 Å². The number of phenolic OH excluding ortho intramolecular Hbond substituents is 13. The van der Waals surface area contributed by atoms with Crippen LogP contribution in [0.5, 0.6) is 92.0 Å². The third-order valence-corrected chi connectivity index (χ3v) is 11.9. The average molecular weight is 883 g/mol. The summed E-state index contributed by atoms with van der Waals surface area (Å²) in [6, 6.07) is 13.4. The molecule has 0 radical (unpaired) electrons. The third kappa shape index (κ3) is 6.40. The van der Waals surface area contributed by atoms with E-state index in [0.717, 1.165) is 42.5 Å². The Hall–Kier alpha value is -8.00. The highest BCUT2D eigenvalue weighted by molar-refractivity contribution is 5.71. The molecule has 19 heteroatoms. The lowest BCUT2D eigenvalue weighted by Crippen LogP contribution is -2.38. The summed E-state index contributed by atoms with van der Waals surface area (Å²) in [5.41, 5.74) is -1.22. The lowest BCUT2D eigenvalue weighted by Gasteiger charge is -2.42. The van der Waals surface area contributed by atoms with Crippen molar-refractivity contribution >= 4 is 0 Å². The Morgan fingerprint density at radius 2 is 0.766 bits per heavy atom. The molecule has 0 amide bonds. The predicted octanol–water partition coefficient (Wildman–Crippen LogP) is 4.15. The van der Waals surface area contributed by atoms with Crippen molar-refractivity contribution < 1.29 is 95.9 Å². The van der Waals surface area contributed by atoms with E-state index in [9.17, 15) is 81.7 Å². The van der Waals surface area contributed by atoms with Gasteiger partial charge in [0.05, 0.1) is 6.10 Å². The summed E-state index contributed by atoms with van der Waals surface area (Å²) in [7, 11) is 0. The van der Waals surface area contributed by atoms with Crippen LogP contribution in [0.25, 0.3) is 0 Å². The van der Waals surface area contributed by atoms with Gasteiger partial charge >= 0.3 is 0 Å². The number of phenols is 13. The molecule has 3 aliphatic heterocycles. The summed E-state index contributed by atoms with van der Waals surface area (Å²) in [6.45, 7) is 0. The molecule has 0 aliphatic carbocycles. The van der Waals surface area contributed by atoms with Gasteiger partial charge in [0, 0.05) is 74.9 Å². The summed E-state index contributed by atoms with van der Waals surface area (Å²) in [4.78, 5) is 0. The van der Waals surface area contributed by atoms with Gasteiger partial charge in [0.2, 0.25) is 0 Å². The van der Waals surface area contributed by atoms with E-state index in [4.69, 9.17) is 14.2 Å². The highest BCUT2D eigenvalue weighted by Crippen LogP contribution is 2.61. The maximum atomic E-state index is 12.9. The second-order valence-electron chi connectivity index (χ2n) is 15.8. The Labute approximate surface area is 359 Å². The number of ether oxygens (including phenoxy) is 3. The molecule has 0 bridgehead atoms. The number of aliphatic hydroxyl groups is 3. The Balaban J connectivity index is 1.32. The number of aliphatic hydroxyl groups excluding tert-OH is 3. The second-order valence-corrected chi connectivity index (χ2v) is 15.8. The first-order valence-corrected chi connectivity index (χ1v) is 19.4. The van der Waals surface area contributed by atoms with Crippen molar-refractivity contribution in [3.63, 3.8) is 0 Å². The van der Waals surface area contributed by atoms with Crippen molar-refractivity contribution in [1.82, 2.24) is 0 Å². The van der Waals surface area contributed by atoms with Gasteiger partial charge in [0.25, 0.3) is 0 Å². The van der Waals surface area contributed by atoms with Crippen molar-refractivity contribution in [3.05, 3.63) is 117 Å². The smallest absolute Gasteiger partial charge is 0.200 e. The van der Waals surface area contributed by atoms with Gasteiger partial charge in [-0.2, -0.15) is 0 Å². The van der Waals surface area contributed by atoms with E-state index >= 15 is 0 Å². The topological polar surface area (TPSA) is 351 Å². The molecule has 0 saturated carbocycles. The van der Waals surface area contributed by atoms with E-state index < -0.39 is 124 Å². The highest BCUT2D eigenvalue weighted by Gasteiger charge is 2.49. The molecule has 9 rings (SSSR count). The van der Waals surface area contributed by atoms with E-state index in [2.05, 4.69) is 0 Å². The van der Waals surface area contributed by atoms with Gasteiger partial charge in [-0.25, -0.2) is 0 Å². The predicted molar refractivity (Wildman–Crippen MR) is 216 cm³/mol.